The quantitative estimate of drug-likeness (QED) is 0.380. The zero-order chi connectivity index (χ0) is 32.3. The van der Waals surface area contributed by atoms with E-state index in [2.05, 4.69) is 21.9 Å². The number of hydrogen-bond acceptors (Lipinski definition) is 7. The van der Waals surface area contributed by atoms with Crippen molar-refractivity contribution >= 4 is 33.8 Å². The summed E-state index contributed by atoms with van der Waals surface area (Å²) in [5.41, 5.74) is -3.23. The third-order valence-electron chi connectivity index (χ3n) is 8.87. The van der Waals surface area contributed by atoms with Crippen molar-refractivity contribution in [2.24, 2.45) is 28.6 Å². The maximum absolute atomic E-state index is 14.1. The molecular formula is C31H44N4O7S. The molecule has 43 heavy (non-hydrogen) atoms. The molecule has 2 saturated carbocycles. The van der Waals surface area contributed by atoms with Crippen molar-refractivity contribution in [1.29, 1.82) is 0 Å². The lowest BCUT2D eigenvalue weighted by atomic mass is 9.85. The van der Waals surface area contributed by atoms with E-state index in [0.29, 0.717) is 6.54 Å². The molecule has 6 atom stereocenters. The second-order valence-corrected chi connectivity index (χ2v) is 16.3. The van der Waals surface area contributed by atoms with E-state index >= 15 is 0 Å². The van der Waals surface area contributed by atoms with E-state index in [9.17, 15) is 27.6 Å². The Labute approximate surface area is 254 Å². The number of fused-ring (bicyclic) bond motifs is 1. The fourth-order valence-corrected chi connectivity index (χ4v) is 7.31. The van der Waals surface area contributed by atoms with Gasteiger partial charge in [-0.2, -0.15) is 0 Å². The zero-order valence-electron chi connectivity index (χ0n) is 26.2. The fourth-order valence-electron chi connectivity index (χ4n) is 6.25. The number of sulfonamides is 1. The first-order valence-corrected chi connectivity index (χ1v) is 16.0. The maximum atomic E-state index is 14.1. The van der Waals surface area contributed by atoms with Gasteiger partial charge in [-0.1, -0.05) is 58.9 Å². The molecule has 0 spiro atoms. The molecule has 0 aromatic heterocycles. The maximum Gasteiger partial charge on any atom is 0.408 e. The molecule has 11 nitrogen and oxygen atoms in total. The number of carbonyl (C=O) groups excluding carboxylic acids is 4. The van der Waals surface area contributed by atoms with Crippen LogP contribution in [0.4, 0.5) is 4.79 Å². The first kappa shape index (κ1) is 32.5. The Morgan fingerprint density at radius 3 is 2.19 bits per heavy atom. The van der Waals surface area contributed by atoms with E-state index in [4.69, 9.17) is 4.74 Å². The second-order valence-electron chi connectivity index (χ2n) is 14.6. The van der Waals surface area contributed by atoms with Gasteiger partial charge in [0.25, 0.3) is 15.9 Å². The number of piperidine rings is 1. The van der Waals surface area contributed by atoms with Gasteiger partial charge in [-0.25, -0.2) is 17.9 Å². The minimum Gasteiger partial charge on any atom is -0.444 e. The number of likely N-dealkylation sites (tertiary alicyclic amines) is 1. The van der Waals surface area contributed by atoms with Gasteiger partial charge in [0.2, 0.25) is 11.8 Å². The average molecular weight is 617 g/mol. The van der Waals surface area contributed by atoms with Crippen molar-refractivity contribution < 1.29 is 32.3 Å². The largest absolute Gasteiger partial charge is 0.444 e. The normalized spacial score (nSPS) is 28.1. The lowest BCUT2D eigenvalue weighted by molar-refractivity contribution is -0.144. The van der Waals surface area contributed by atoms with Crippen LogP contribution in [0, 0.1) is 28.6 Å². The summed E-state index contributed by atoms with van der Waals surface area (Å²) in [7, 11) is -4.19. The summed E-state index contributed by atoms with van der Waals surface area (Å²) in [5, 5.41) is 5.53. The molecule has 1 heterocycles. The molecule has 1 aromatic carbocycles. The van der Waals surface area contributed by atoms with Crippen molar-refractivity contribution in [3.05, 3.63) is 43.0 Å². The van der Waals surface area contributed by atoms with E-state index < -0.39 is 68.4 Å². The third kappa shape index (κ3) is 6.30. The van der Waals surface area contributed by atoms with Crippen LogP contribution >= 0.6 is 0 Å². The van der Waals surface area contributed by atoms with E-state index in [1.54, 1.807) is 39.0 Å². The predicted molar refractivity (Wildman–Crippen MR) is 160 cm³/mol. The summed E-state index contributed by atoms with van der Waals surface area (Å²) in [6.45, 7) is 18.7. The van der Waals surface area contributed by atoms with Crippen molar-refractivity contribution in [3.8, 4) is 0 Å². The number of nitrogens with one attached hydrogen (secondary N) is 3. The SMILES string of the molecule is C=CC1C[C@]1(NC(=O)[C@@H]1[C@@H]2C(CN1C(=O)C(NC(=O)OC(C)(C)C)C(C)(C)C)C2(C)C)C(=O)NS(=O)(=O)c1ccccc1. The Morgan fingerprint density at radius 1 is 1.07 bits per heavy atom. The molecule has 3 N–H and O–H groups in total. The second kappa shape index (κ2) is 10.6. The Bertz CT molecular complexity index is 1430. The summed E-state index contributed by atoms with van der Waals surface area (Å²) in [6, 6.07) is 5.57. The van der Waals surface area contributed by atoms with Crippen molar-refractivity contribution in [2.75, 3.05) is 6.54 Å². The van der Waals surface area contributed by atoms with Crippen molar-refractivity contribution in [2.45, 2.75) is 89.9 Å². The summed E-state index contributed by atoms with van der Waals surface area (Å²) in [6.07, 6.45) is 0.937. The van der Waals surface area contributed by atoms with E-state index in [-0.39, 0.29) is 28.6 Å². The molecule has 0 radical (unpaired) electrons. The summed E-state index contributed by atoms with van der Waals surface area (Å²) in [5.74, 6) is -2.46. The molecule has 0 bridgehead atoms. The Balaban J connectivity index is 1.58. The van der Waals surface area contributed by atoms with Crippen LogP contribution in [0.15, 0.2) is 47.9 Å². The van der Waals surface area contributed by atoms with Gasteiger partial charge >= 0.3 is 6.09 Å². The van der Waals surface area contributed by atoms with E-state index in [0.717, 1.165) is 0 Å². The number of nitrogens with zero attached hydrogens (tertiary/aromatic N) is 1. The number of ether oxygens (including phenoxy) is 1. The predicted octanol–water partition coefficient (Wildman–Crippen LogP) is 2.97. The summed E-state index contributed by atoms with van der Waals surface area (Å²) >= 11 is 0. The monoisotopic (exact) mass is 616 g/mol. The van der Waals surface area contributed by atoms with Crippen LogP contribution in [-0.4, -0.2) is 66.9 Å². The number of hydrogen-bond donors (Lipinski definition) is 3. The van der Waals surface area contributed by atoms with Crippen molar-refractivity contribution in [1.82, 2.24) is 20.3 Å². The van der Waals surface area contributed by atoms with Crippen LogP contribution in [-0.2, 0) is 29.1 Å². The molecule has 3 aliphatic rings. The first-order valence-electron chi connectivity index (χ1n) is 14.5. The smallest absolute Gasteiger partial charge is 0.408 e. The molecule has 2 aliphatic carbocycles. The van der Waals surface area contributed by atoms with Gasteiger partial charge < -0.3 is 20.3 Å². The minimum atomic E-state index is -4.19. The van der Waals surface area contributed by atoms with Gasteiger partial charge in [0, 0.05) is 12.5 Å². The Kier molecular flexibility index (Phi) is 8.04. The fraction of sp³-hybridized carbons (Fsp3) is 0.613. The highest BCUT2D eigenvalue weighted by atomic mass is 32.2. The lowest BCUT2D eigenvalue weighted by Crippen LogP contribution is -2.61. The molecule has 1 aromatic rings. The molecule has 4 amide bonds. The van der Waals surface area contributed by atoms with Crippen LogP contribution in [0.1, 0.15) is 61.8 Å². The molecule has 236 valence electrons. The van der Waals surface area contributed by atoms with Crippen LogP contribution in [0.3, 0.4) is 0 Å². The number of carbonyl (C=O) groups is 4. The Morgan fingerprint density at radius 2 is 1.67 bits per heavy atom. The molecule has 4 rings (SSSR count). The topological polar surface area (TPSA) is 151 Å². The summed E-state index contributed by atoms with van der Waals surface area (Å²) < 4.78 is 33.4. The Hall–Kier alpha value is -3.41. The molecule has 1 saturated heterocycles. The standard InChI is InChI=1S/C31H44N4O7S/c1-10-18-16-31(18,26(38)34-43(40,41)19-14-12-11-13-15-19)33-24(36)22-21-20(30(21,8)9)17-35(22)25(37)23(28(2,3)4)32-27(39)42-29(5,6)7/h10-15,18,20-23H,1,16-17H2,2-9H3,(H,32,39)(H,33,36)(H,34,38)/t18?,20?,21-,22-,23?,31+/m0/s1. The molecule has 3 fully saturated rings. The third-order valence-corrected chi connectivity index (χ3v) is 10.2. The molecule has 3 unspecified atom stereocenters. The number of benzene rings is 1. The van der Waals surface area contributed by atoms with Gasteiger partial charge in [-0.3, -0.25) is 14.4 Å². The van der Waals surface area contributed by atoms with Gasteiger partial charge in [0.05, 0.1) is 4.90 Å². The van der Waals surface area contributed by atoms with E-state index in [1.807, 2.05) is 34.6 Å². The zero-order valence-corrected chi connectivity index (χ0v) is 27.0. The highest BCUT2D eigenvalue weighted by Crippen LogP contribution is 2.65. The van der Waals surface area contributed by atoms with Crippen LogP contribution < -0.4 is 15.4 Å². The average Bonchev–Trinajstić information content (AvgIpc) is 3.63. The molecule has 1 aliphatic heterocycles. The number of amides is 4. The number of alkyl carbamates (subject to hydrolysis) is 1. The minimum absolute atomic E-state index is 0.0481. The van der Waals surface area contributed by atoms with Crippen LogP contribution in [0.5, 0.6) is 0 Å². The van der Waals surface area contributed by atoms with Gasteiger partial charge in [-0.15, -0.1) is 6.58 Å². The van der Waals surface area contributed by atoms with Crippen molar-refractivity contribution in [3.63, 3.8) is 0 Å². The molecule has 12 heteroatoms. The van der Waals surface area contributed by atoms with Crippen LogP contribution in [0.25, 0.3) is 0 Å². The van der Waals surface area contributed by atoms with Gasteiger partial charge in [0.1, 0.15) is 23.2 Å². The lowest BCUT2D eigenvalue weighted by Gasteiger charge is -2.38. The summed E-state index contributed by atoms with van der Waals surface area (Å²) in [4.78, 5) is 55.7. The molecular weight excluding hydrogens is 572 g/mol. The van der Waals surface area contributed by atoms with Gasteiger partial charge in [-0.05, 0) is 62.0 Å². The highest BCUT2D eigenvalue weighted by molar-refractivity contribution is 7.90. The highest BCUT2D eigenvalue weighted by Gasteiger charge is 2.71. The number of rotatable bonds is 8. The first-order chi connectivity index (χ1) is 19.7. The van der Waals surface area contributed by atoms with Crippen LogP contribution in [0.2, 0.25) is 0 Å². The van der Waals surface area contributed by atoms with Gasteiger partial charge in [0.15, 0.2) is 0 Å². The van der Waals surface area contributed by atoms with E-state index in [1.165, 1.54) is 23.1 Å².